The van der Waals surface area contributed by atoms with Crippen molar-refractivity contribution in [3.63, 3.8) is 0 Å². The summed E-state index contributed by atoms with van der Waals surface area (Å²) in [5.41, 5.74) is 0.863. The lowest BCUT2D eigenvalue weighted by Crippen LogP contribution is -2.23. The van der Waals surface area contributed by atoms with Crippen LogP contribution in [-0.2, 0) is 9.53 Å². The lowest BCUT2D eigenvalue weighted by atomic mass is 9.90. The average Bonchev–Trinajstić information content (AvgIpc) is 2.78. The summed E-state index contributed by atoms with van der Waals surface area (Å²) in [6.45, 7) is 1.28. The van der Waals surface area contributed by atoms with Crippen molar-refractivity contribution < 1.29 is 13.9 Å². The minimum atomic E-state index is -0.510. The second-order valence-corrected chi connectivity index (χ2v) is 3.81. The number of halogens is 1. The molecule has 2 unspecified atom stereocenters. The molecule has 2 rings (SSSR count). The smallest absolute Gasteiger partial charge is 0.310 e. The molecule has 4 nitrogen and oxygen atoms in total. The van der Waals surface area contributed by atoms with E-state index in [9.17, 15) is 9.18 Å². The van der Waals surface area contributed by atoms with E-state index in [0.29, 0.717) is 13.1 Å². The third-order valence-corrected chi connectivity index (χ3v) is 2.90. The molecule has 1 aliphatic heterocycles. The van der Waals surface area contributed by atoms with Gasteiger partial charge in [-0.25, -0.2) is 4.98 Å². The predicted molar refractivity (Wildman–Crippen MR) is 55.3 cm³/mol. The van der Waals surface area contributed by atoms with Gasteiger partial charge in [0.15, 0.2) is 0 Å². The van der Waals surface area contributed by atoms with E-state index in [4.69, 9.17) is 4.74 Å². The molecule has 0 amide bonds. The molecule has 1 aliphatic rings. The summed E-state index contributed by atoms with van der Waals surface area (Å²) < 4.78 is 17.4. The third-order valence-electron chi connectivity index (χ3n) is 2.90. The van der Waals surface area contributed by atoms with Crippen LogP contribution >= 0.6 is 0 Å². The maximum absolute atomic E-state index is 12.7. The normalized spacial score (nSPS) is 24.4. The van der Waals surface area contributed by atoms with Crippen molar-refractivity contribution in [2.75, 3.05) is 20.2 Å². The number of aromatic nitrogens is 1. The molecular weight excluding hydrogens is 211 g/mol. The molecule has 86 valence electrons. The number of rotatable bonds is 2. The van der Waals surface area contributed by atoms with Crippen LogP contribution in [0, 0.1) is 11.9 Å². The van der Waals surface area contributed by atoms with E-state index >= 15 is 0 Å². The Morgan fingerprint density at radius 3 is 3.00 bits per heavy atom. The van der Waals surface area contributed by atoms with Crippen molar-refractivity contribution in [3.8, 4) is 0 Å². The molecule has 1 fully saturated rings. The highest BCUT2D eigenvalue weighted by atomic mass is 19.1. The molecular formula is C11H13FN2O2. The van der Waals surface area contributed by atoms with Gasteiger partial charge in [-0.2, -0.15) is 4.39 Å². The van der Waals surface area contributed by atoms with Crippen LogP contribution in [0.4, 0.5) is 4.39 Å². The van der Waals surface area contributed by atoms with Crippen LogP contribution in [0.5, 0.6) is 0 Å². The van der Waals surface area contributed by atoms with Gasteiger partial charge >= 0.3 is 5.97 Å². The Morgan fingerprint density at radius 1 is 1.56 bits per heavy atom. The van der Waals surface area contributed by atoms with Gasteiger partial charge in [0.25, 0.3) is 0 Å². The van der Waals surface area contributed by atoms with Gasteiger partial charge in [-0.3, -0.25) is 4.79 Å². The van der Waals surface area contributed by atoms with Crippen molar-refractivity contribution >= 4 is 5.97 Å². The van der Waals surface area contributed by atoms with E-state index in [0.717, 1.165) is 5.56 Å². The molecule has 0 spiro atoms. The Kier molecular flexibility index (Phi) is 3.14. The average molecular weight is 224 g/mol. The number of nitrogens with zero attached hydrogens (tertiary/aromatic N) is 1. The van der Waals surface area contributed by atoms with Crippen molar-refractivity contribution in [3.05, 3.63) is 29.8 Å². The maximum atomic E-state index is 12.7. The van der Waals surface area contributed by atoms with E-state index in [1.54, 1.807) is 6.07 Å². The van der Waals surface area contributed by atoms with Crippen molar-refractivity contribution in [1.29, 1.82) is 0 Å². The fourth-order valence-electron chi connectivity index (χ4n) is 2.03. The minimum absolute atomic E-state index is 0.0144. The van der Waals surface area contributed by atoms with E-state index in [1.165, 1.54) is 19.4 Å². The van der Waals surface area contributed by atoms with Gasteiger partial charge in [-0.05, 0) is 11.6 Å². The summed E-state index contributed by atoms with van der Waals surface area (Å²) in [5, 5.41) is 3.13. The molecule has 0 saturated carbocycles. The van der Waals surface area contributed by atoms with Gasteiger partial charge in [-0.15, -0.1) is 0 Å². The number of carbonyl (C=O) groups excluding carboxylic acids is 1. The molecule has 0 aromatic carbocycles. The van der Waals surface area contributed by atoms with Gasteiger partial charge in [0, 0.05) is 25.2 Å². The largest absolute Gasteiger partial charge is 0.469 e. The molecule has 5 heteroatoms. The summed E-state index contributed by atoms with van der Waals surface area (Å²) in [6.07, 6.45) is 1.48. The van der Waals surface area contributed by atoms with Gasteiger partial charge < -0.3 is 10.1 Å². The van der Waals surface area contributed by atoms with E-state index in [-0.39, 0.29) is 17.8 Å². The highest BCUT2D eigenvalue weighted by molar-refractivity contribution is 5.74. The second kappa shape index (κ2) is 4.57. The summed E-state index contributed by atoms with van der Waals surface area (Å²) in [5.74, 6) is -0.943. The Bertz CT molecular complexity index is 380. The maximum Gasteiger partial charge on any atom is 0.310 e. The zero-order valence-corrected chi connectivity index (χ0v) is 8.94. The first-order valence-corrected chi connectivity index (χ1v) is 5.12. The van der Waals surface area contributed by atoms with Crippen LogP contribution in [0.25, 0.3) is 0 Å². The predicted octanol–water partition coefficient (Wildman–Crippen LogP) is 0.697. The number of nitrogens with one attached hydrogen (secondary N) is 1. The first-order valence-electron chi connectivity index (χ1n) is 5.12. The van der Waals surface area contributed by atoms with Crippen LogP contribution in [0.1, 0.15) is 11.5 Å². The molecule has 2 atom stereocenters. The van der Waals surface area contributed by atoms with Crippen LogP contribution in [0.2, 0.25) is 0 Å². The number of carbonyl (C=O) groups is 1. The highest BCUT2D eigenvalue weighted by Gasteiger charge is 2.34. The van der Waals surface area contributed by atoms with Gasteiger partial charge in [0.05, 0.1) is 13.0 Å². The Morgan fingerprint density at radius 2 is 2.38 bits per heavy atom. The summed E-state index contributed by atoms with van der Waals surface area (Å²) in [4.78, 5) is 15.1. The SMILES string of the molecule is COC(=O)C1CNCC1c1ccc(F)nc1. The molecule has 1 saturated heterocycles. The van der Waals surface area contributed by atoms with Crippen LogP contribution in [0.15, 0.2) is 18.3 Å². The van der Waals surface area contributed by atoms with E-state index < -0.39 is 5.95 Å². The number of esters is 1. The zero-order valence-electron chi connectivity index (χ0n) is 8.94. The molecule has 2 heterocycles. The topological polar surface area (TPSA) is 51.2 Å². The first-order chi connectivity index (χ1) is 7.72. The summed E-state index contributed by atoms with van der Waals surface area (Å²) in [7, 11) is 1.38. The molecule has 1 aromatic rings. The lowest BCUT2D eigenvalue weighted by molar-refractivity contribution is -0.145. The number of hydrogen-bond donors (Lipinski definition) is 1. The number of methoxy groups -OCH3 is 1. The fraction of sp³-hybridized carbons (Fsp3) is 0.455. The lowest BCUT2D eigenvalue weighted by Gasteiger charge is -2.15. The Hall–Kier alpha value is -1.49. The molecule has 0 radical (unpaired) electrons. The number of ether oxygens (including phenoxy) is 1. The van der Waals surface area contributed by atoms with Crippen LogP contribution in [-0.4, -0.2) is 31.2 Å². The molecule has 16 heavy (non-hydrogen) atoms. The number of pyridine rings is 1. The van der Waals surface area contributed by atoms with Crippen molar-refractivity contribution in [2.24, 2.45) is 5.92 Å². The molecule has 1 N–H and O–H groups in total. The Balaban J connectivity index is 2.19. The van der Waals surface area contributed by atoms with E-state index in [1.807, 2.05) is 0 Å². The number of hydrogen-bond acceptors (Lipinski definition) is 4. The quantitative estimate of drug-likeness (QED) is 0.593. The van der Waals surface area contributed by atoms with Gasteiger partial charge in [0.2, 0.25) is 5.95 Å². The monoisotopic (exact) mass is 224 g/mol. The van der Waals surface area contributed by atoms with Crippen molar-refractivity contribution in [2.45, 2.75) is 5.92 Å². The van der Waals surface area contributed by atoms with Crippen molar-refractivity contribution in [1.82, 2.24) is 10.3 Å². The molecule has 0 aliphatic carbocycles. The summed E-state index contributed by atoms with van der Waals surface area (Å²) in [6, 6.07) is 2.97. The minimum Gasteiger partial charge on any atom is -0.469 e. The molecule has 1 aromatic heterocycles. The highest BCUT2D eigenvalue weighted by Crippen LogP contribution is 2.28. The standard InChI is InChI=1S/C11H13FN2O2/c1-16-11(15)9-6-13-5-8(9)7-2-3-10(12)14-4-7/h2-4,8-9,13H,5-6H2,1H3. The summed E-state index contributed by atoms with van der Waals surface area (Å²) >= 11 is 0. The Labute approximate surface area is 92.8 Å². The molecule has 0 bridgehead atoms. The van der Waals surface area contributed by atoms with Crippen LogP contribution in [0.3, 0.4) is 0 Å². The fourth-order valence-corrected chi connectivity index (χ4v) is 2.03. The second-order valence-electron chi connectivity index (χ2n) is 3.81. The van der Waals surface area contributed by atoms with E-state index in [2.05, 4.69) is 10.3 Å². The van der Waals surface area contributed by atoms with Crippen LogP contribution < -0.4 is 5.32 Å². The van der Waals surface area contributed by atoms with Gasteiger partial charge in [0.1, 0.15) is 0 Å². The first kappa shape index (κ1) is 11.0. The zero-order chi connectivity index (χ0) is 11.5. The third kappa shape index (κ3) is 2.04. The van der Waals surface area contributed by atoms with Gasteiger partial charge in [-0.1, -0.05) is 6.07 Å².